The summed E-state index contributed by atoms with van der Waals surface area (Å²) in [5.74, 6) is 0.950. The zero-order chi connectivity index (χ0) is 11.8. The van der Waals surface area contributed by atoms with Gasteiger partial charge in [0.2, 0.25) is 0 Å². The van der Waals surface area contributed by atoms with Crippen molar-refractivity contribution in [2.75, 3.05) is 26.2 Å². The van der Waals surface area contributed by atoms with Gasteiger partial charge in [-0.3, -0.25) is 0 Å². The Balaban J connectivity index is 2.21. The van der Waals surface area contributed by atoms with E-state index in [-0.39, 0.29) is 6.04 Å². The molecule has 1 aliphatic rings. The zero-order valence-corrected chi connectivity index (χ0v) is 10.7. The lowest BCUT2D eigenvalue weighted by Gasteiger charge is -2.22. The second-order valence-electron chi connectivity index (χ2n) is 4.77. The molecule has 1 unspecified atom stereocenters. The van der Waals surface area contributed by atoms with Crippen LogP contribution in [0.25, 0.3) is 0 Å². The van der Waals surface area contributed by atoms with Gasteiger partial charge in [0.05, 0.1) is 12.1 Å². The fraction of sp³-hybridized carbons (Fsp3) is 0.923. The summed E-state index contributed by atoms with van der Waals surface area (Å²) in [6, 6.07) is 2.36. The van der Waals surface area contributed by atoms with E-state index in [1.54, 1.807) is 0 Å². The average Bonchev–Trinajstić information content (AvgIpc) is 3.08. The van der Waals surface area contributed by atoms with E-state index in [0.717, 1.165) is 25.4 Å². The lowest BCUT2D eigenvalue weighted by molar-refractivity contribution is 0.254. The molecule has 0 aliphatic heterocycles. The van der Waals surface area contributed by atoms with Gasteiger partial charge in [-0.15, -0.1) is 0 Å². The highest BCUT2D eigenvalue weighted by molar-refractivity contribution is 4.90. The minimum atomic E-state index is 0.0311. The Labute approximate surface area is 99.8 Å². The molecule has 0 aromatic rings. The van der Waals surface area contributed by atoms with Gasteiger partial charge < -0.3 is 10.2 Å². The molecule has 3 nitrogen and oxygen atoms in total. The third-order valence-corrected chi connectivity index (χ3v) is 3.09. The Hall–Kier alpha value is -0.590. The molecule has 0 aromatic heterocycles. The Morgan fingerprint density at radius 1 is 1.38 bits per heavy atom. The summed E-state index contributed by atoms with van der Waals surface area (Å²) in [6.45, 7) is 8.66. The zero-order valence-electron chi connectivity index (χ0n) is 10.7. The van der Waals surface area contributed by atoms with Gasteiger partial charge in [-0.25, -0.2) is 0 Å². The molecule has 0 saturated heterocycles. The summed E-state index contributed by atoms with van der Waals surface area (Å²) in [7, 11) is 0. The normalized spacial score (nSPS) is 17.4. The Morgan fingerprint density at radius 3 is 2.62 bits per heavy atom. The van der Waals surface area contributed by atoms with Crippen LogP contribution in [0.2, 0.25) is 0 Å². The van der Waals surface area contributed by atoms with Crippen LogP contribution < -0.4 is 5.32 Å². The molecule has 1 aliphatic carbocycles. The first kappa shape index (κ1) is 13.5. The van der Waals surface area contributed by atoms with Crippen molar-refractivity contribution in [3.05, 3.63) is 0 Å². The lowest BCUT2D eigenvalue weighted by Crippen LogP contribution is -2.34. The van der Waals surface area contributed by atoms with Crippen molar-refractivity contribution in [3.63, 3.8) is 0 Å². The van der Waals surface area contributed by atoms with Crippen molar-refractivity contribution in [1.29, 1.82) is 5.26 Å². The molecule has 0 heterocycles. The van der Waals surface area contributed by atoms with E-state index in [1.165, 1.54) is 32.4 Å². The summed E-state index contributed by atoms with van der Waals surface area (Å²) < 4.78 is 0. The molecule has 0 aromatic carbocycles. The van der Waals surface area contributed by atoms with E-state index >= 15 is 0 Å². The van der Waals surface area contributed by atoms with Crippen LogP contribution in [0.5, 0.6) is 0 Å². The van der Waals surface area contributed by atoms with Crippen LogP contribution >= 0.6 is 0 Å². The molecule has 1 rings (SSSR count). The van der Waals surface area contributed by atoms with Gasteiger partial charge >= 0.3 is 0 Å². The molecule has 0 radical (unpaired) electrons. The predicted molar refractivity (Wildman–Crippen MR) is 67.1 cm³/mol. The van der Waals surface area contributed by atoms with Crippen LogP contribution in [0.4, 0.5) is 0 Å². The second kappa shape index (κ2) is 7.65. The first-order valence-corrected chi connectivity index (χ1v) is 6.65. The van der Waals surface area contributed by atoms with Gasteiger partial charge in [0.15, 0.2) is 0 Å². The molecule has 1 atom stereocenters. The summed E-state index contributed by atoms with van der Waals surface area (Å²) in [5.41, 5.74) is 0. The van der Waals surface area contributed by atoms with Crippen molar-refractivity contribution in [1.82, 2.24) is 10.2 Å². The molecular weight excluding hydrogens is 198 g/mol. The first-order valence-electron chi connectivity index (χ1n) is 6.65. The van der Waals surface area contributed by atoms with E-state index in [4.69, 9.17) is 5.26 Å². The van der Waals surface area contributed by atoms with Gasteiger partial charge in [-0.1, -0.05) is 13.8 Å². The SMILES string of the molecule is CCCN(CCC(C#N)NCC)CC1CC1. The summed E-state index contributed by atoms with van der Waals surface area (Å²) >= 11 is 0. The number of nitrogens with one attached hydrogen (secondary N) is 1. The van der Waals surface area contributed by atoms with E-state index in [1.807, 2.05) is 0 Å². The number of hydrogen-bond donors (Lipinski definition) is 1. The van der Waals surface area contributed by atoms with Crippen LogP contribution in [-0.2, 0) is 0 Å². The Morgan fingerprint density at radius 2 is 2.12 bits per heavy atom. The molecule has 0 bridgehead atoms. The summed E-state index contributed by atoms with van der Waals surface area (Å²) in [4.78, 5) is 2.53. The maximum absolute atomic E-state index is 8.96. The Kier molecular flexibility index (Phi) is 6.44. The van der Waals surface area contributed by atoms with Crippen LogP contribution in [0.15, 0.2) is 0 Å². The summed E-state index contributed by atoms with van der Waals surface area (Å²) in [5, 5.41) is 12.2. The number of nitriles is 1. The molecule has 3 heteroatoms. The fourth-order valence-electron chi connectivity index (χ4n) is 2.05. The van der Waals surface area contributed by atoms with Gasteiger partial charge in [-0.05, 0) is 44.7 Å². The first-order chi connectivity index (χ1) is 7.80. The minimum Gasteiger partial charge on any atom is -0.303 e. The van der Waals surface area contributed by atoms with Gasteiger partial charge in [0.25, 0.3) is 0 Å². The third-order valence-electron chi connectivity index (χ3n) is 3.09. The predicted octanol–water partition coefficient (Wildman–Crippen LogP) is 2.00. The third kappa shape index (κ3) is 5.48. The molecular formula is C13H25N3. The van der Waals surface area contributed by atoms with E-state index < -0.39 is 0 Å². The minimum absolute atomic E-state index is 0.0311. The summed E-state index contributed by atoms with van der Waals surface area (Å²) in [6.07, 6.45) is 4.99. The van der Waals surface area contributed by atoms with Crippen molar-refractivity contribution in [2.45, 2.75) is 45.6 Å². The maximum Gasteiger partial charge on any atom is 0.0965 e. The second-order valence-corrected chi connectivity index (χ2v) is 4.77. The van der Waals surface area contributed by atoms with Crippen molar-refractivity contribution >= 4 is 0 Å². The number of rotatable bonds is 9. The quantitative estimate of drug-likeness (QED) is 0.650. The van der Waals surface area contributed by atoms with Crippen molar-refractivity contribution in [2.24, 2.45) is 5.92 Å². The molecule has 0 amide bonds. The fourth-order valence-corrected chi connectivity index (χ4v) is 2.05. The van der Waals surface area contributed by atoms with Crippen molar-refractivity contribution < 1.29 is 0 Å². The maximum atomic E-state index is 8.96. The van der Waals surface area contributed by atoms with Gasteiger partial charge in [0.1, 0.15) is 0 Å². The smallest absolute Gasteiger partial charge is 0.0965 e. The average molecular weight is 223 g/mol. The number of nitrogens with zero attached hydrogens (tertiary/aromatic N) is 2. The van der Waals surface area contributed by atoms with Crippen LogP contribution in [-0.4, -0.2) is 37.1 Å². The molecule has 1 fully saturated rings. The van der Waals surface area contributed by atoms with Crippen molar-refractivity contribution in [3.8, 4) is 6.07 Å². The molecule has 0 spiro atoms. The molecule has 1 saturated carbocycles. The highest BCUT2D eigenvalue weighted by atomic mass is 15.1. The number of hydrogen-bond acceptors (Lipinski definition) is 3. The van der Waals surface area contributed by atoms with Crippen LogP contribution in [0.3, 0.4) is 0 Å². The van der Waals surface area contributed by atoms with Gasteiger partial charge in [-0.2, -0.15) is 5.26 Å². The van der Waals surface area contributed by atoms with Crippen LogP contribution in [0.1, 0.15) is 39.5 Å². The van der Waals surface area contributed by atoms with Crippen LogP contribution in [0, 0.1) is 17.2 Å². The van der Waals surface area contributed by atoms with E-state index in [2.05, 4.69) is 30.1 Å². The standard InChI is InChI=1S/C13H25N3/c1-3-8-16(11-12-5-6-12)9-7-13(10-14)15-4-2/h12-13,15H,3-9,11H2,1-2H3. The Bertz CT molecular complexity index is 218. The highest BCUT2D eigenvalue weighted by Crippen LogP contribution is 2.29. The van der Waals surface area contributed by atoms with E-state index in [0.29, 0.717) is 0 Å². The molecule has 92 valence electrons. The molecule has 16 heavy (non-hydrogen) atoms. The van der Waals surface area contributed by atoms with Gasteiger partial charge in [0, 0.05) is 13.1 Å². The monoisotopic (exact) mass is 223 g/mol. The topological polar surface area (TPSA) is 39.1 Å². The van der Waals surface area contributed by atoms with E-state index in [9.17, 15) is 0 Å². The lowest BCUT2D eigenvalue weighted by atomic mass is 10.2. The highest BCUT2D eigenvalue weighted by Gasteiger charge is 2.24. The molecule has 1 N–H and O–H groups in total. The largest absolute Gasteiger partial charge is 0.303 e.